The molecule has 0 N–H and O–H groups in total. The molecule has 2 aromatic carbocycles. The van der Waals surface area contributed by atoms with Crippen molar-refractivity contribution in [2.24, 2.45) is 0 Å². The summed E-state index contributed by atoms with van der Waals surface area (Å²) in [6, 6.07) is 15.0. The number of nitrogens with zero attached hydrogens (tertiary/aromatic N) is 3. The number of rotatable bonds is 4. The van der Waals surface area contributed by atoms with Crippen LogP contribution in [0.4, 0.5) is 5.69 Å². The second-order valence-corrected chi connectivity index (χ2v) is 8.86. The van der Waals surface area contributed by atoms with Crippen molar-refractivity contribution in [3.8, 4) is 0 Å². The van der Waals surface area contributed by atoms with Crippen LogP contribution in [0.25, 0.3) is 0 Å². The molecule has 0 spiro atoms. The van der Waals surface area contributed by atoms with E-state index in [2.05, 4.69) is 34.9 Å². The van der Waals surface area contributed by atoms with E-state index in [4.69, 9.17) is 0 Å². The maximum Gasteiger partial charge on any atom is 0.243 e. The Hall–Kier alpha value is -1.89. The van der Waals surface area contributed by atoms with Crippen LogP contribution in [-0.2, 0) is 23.1 Å². The maximum absolute atomic E-state index is 13.0. The molecule has 1 saturated heterocycles. The summed E-state index contributed by atoms with van der Waals surface area (Å²) < 4.78 is 27.6. The number of piperazine rings is 1. The summed E-state index contributed by atoms with van der Waals surface area (Å²) in [5.74, 6) is 0. The smallest absolute Gasteiger partial charge is 0.243 e. The predicted octanol–water partition coefficient (Wildman–Crippen LogP) is 2.53. The van der Waals surface area contributed by atoms with Crippen molar-refractivity contribution in [1.82, 2.24) is 9.21 Å². The lowest BCUT2D eigenvalue weighted by Crippen LogP contribution is -2.46. The molecule has 0 aromatic heterocycles. The molecule has 2 aliphatic heterocycles. The zero-order valence-corrected chi connectivity index (χ0v) is 16.0. The van der Waals surface area contributed by atoms with E-state index < -0.39 is 10.0 Å². The Kier molecular flexibility index (Phi) is 4.73. The average molecular weight is 372 g/mol. The molecular formula is C20H25N3O2S. The van der Waals surface area contributed by atoms with Gasteiger partial charge < -0.3 is 9.80 Å². The highest BCUT2D eigenvalue weighted by Crippen LogP contribution is 2.35. The summed E-state index contributed by atoms with van der Waals surface area (Å²) in [5, 5.41) is 0. The first-order valence-corrected chi connectivity index (χ1v) is 10.7. The van der Waals surface area contributed by atoms with E-state index in [9.17, 15) is 8.42 Å². The van der Waals surface area contributed by atoms with Gasteiger partial charge in [-0.25, -0.2) is 8.42 Å². The molecule has 0 bridgehead atoms. The average Bonchev–Trinajstić information content (AvgIpc) is 3.14. The minimum Gasteiger partial charge on any atom is -0.369 e. The first kappa shape index (κ1) is 17.5. The lowest BCUT2D eigenvalue weighted by Gasteiger charge is -2.36. The Bertz CT molecular complexity index is 875. The van der Waals surface area contributed by atoms with Gasteiger partial charge in [-0.05, 0) is 35.9 Å². The molecule has 0 radical (unpaired) electrons. The molecule has 26 heavy (non-hydrogen) atoms. The number of likely N-dealkylation sites (N-methyl/N-ethyl adjacent to an activating group) is 1. The molecule has 4 rings (SSSR count). The molecule has 0 aliphatic carbocycles. The Morgan fingerprint density at radius 1 is 0.885 bits per heavy atom. The van der Waals surface area contributed by atoms with Crippen LogP contribution in [0.1, 0.15) is 18.1 Å². The number of hydrogen-bond acceptors (Lipinski definition) is 4. The first-order chi connectivity index (χ1) is 12.6. The van der Waals surface area contributed by atoms with E-state index in [-0.39, 0.29) is 0 Å². The molecule has 0 unspecified atom stereocenters. The van der Waals surface area contributed by atoms with Crippen LogP contribution in [0.5, 0.6) is 0 Å². The molecule has 5 nitrogen and oxygen atoms in total. The van der Waals surface area contributed by atoms with Crippen molar-refractivity contribution in [2.75, 3.05) is 37.6 Å². The van der Waals surface area contributed by atoms with E-state index in [1.165, 1.54) is 5.69 Å². The van der Waals surface area contributed by atoms with Gasteiger partial charge in [0.25, 0.3) is 0 Å². The second kappa shape index (κ2) is 7.02. The maximum atomic E-state index is 13.0. The van der Waals surface area contributed by atoms with Crippen LogP contribution in [-0.4, -0.2) is 50.3 Å². The molecule has 2 heterocycles. The highest BCUT2D eigenvalue weighted by atomic mass is 32.2. The van der Waals surface area contributed by atoms with Gasteiger partial charge in [0, 0.05) is 45.0 Å². The standard InChI is InChI=1S/C20H25N3O2S/c1-2-21-11-13-22(14-12-21)20-10-6-7-17-15-23(16-19(17)20)26(24,25)18-8-4-3-5-9-18/h3-10H,2,11-16H2,1H3. The van der Waals surface area contributed by atoms with Gasteiger partial charge in [-0.1, -0.05) is 37.3 Å². The number of benzene rings is 2. The van der Waals surface area contributed by atoms with Crippen molar-refractivity contribution >= 4 is 15.7 Å². The van der Waals surface area contributed by atoms with Crippen LogP contribution in [0.15, 0.2) is 53.4 Å². The molecule has 0 amide bonds. The lowest BCUT2D eigenvalue weighted by atomic mass is 10.1. The molecule has 0 atom stereocenters. The summed E-state index contributed by atoms with van der Waals surface area (Å²) in [7, 11) is -3.46. The predicted molar refractivity (Wildman–Crippen MR) is 104 cm³/mol. The van der Waals surface area contributed by atoms with Gasteiger partial charge in [0.05, 0.1) is 4.90 Å². The molecule has 138 valence electrons. The molecule has 6 heteroatoms. The lowest BCUT2D eigenvalue weighted by molar-refractivity contribution is 0.271. The van der Waals surface area contributed by atoms with Crippen LogP contribution in [0, 0.1) is 0 Å². The first-order valence-electron chi connectivity index (χ1n) is 9.23. The summed E-state index contributed by atoms with van der Waals surface area (Å²) in [6.07, 6.45) is 0. The van der Waals surface area contributed by atoms with Crippen molar-refractivity contribution < 1.29 is 8.42 Å². The Morgan fingerprint density at radius 3 is 2.31 bits per heavy atom. The van der Waals surface area contributed by atoms with Crippen molar-refractivity contribution in [1.29, 1.82) is 0 Å². The van der Waals surface area contributed by atoms with Gasteiger partial charge in [0.1, 0.15) is 0 Å². The van der Waals surface area contributed by atoms with E-state index in [1.54, 1.807) is 28.6 Å². The zero-order chi connectivity index (χ0) is 18.1. The summed E-state index contributed by atoms with van der Waals surface area (Å²) >= 11 is 0. The number of hydrogen-bond donors (Lipinski definition) is 0. The number of anilines is 1. The molecule has 2 aliphatic rings. The largest absolute Gasteiger partial charge is 0.369 e. The van der Waals surface area contributed by atoms with E-state index >= 15 is 0 Å². The van der Waals surface area contributed by atoms with E-state index in [1.807, 2.05) is 6.07 Å². The van der Waals surface area contributed by atoms with Crippen molar-refractivity contribution in [3.05, 3.63) is 59.7 Å². The van der Waals surface area contributed by atoms with Crippen LogP contribution < -0.4 is 4.90 Å². The highest BCUT2D eigenvalue weighted by Gasteiger charge is 2.33. The fourth-order valence-corrected chi connectivity index (χ4v) is 5.29. The monoisotopic (exact) mass is 371 g/mol. The molecule has 1 fully saturated rings. The topological polar surface area (TPSA) is 43.9 Å². The third-order valence-electron chi connectivity index (χ3n) is 5.47. The second-order valence-electron chi connectivity index (χ2n) is 6.92. The van der Waals surface area contributed by atoms with Crippen LogP contribution in [0.2, 0.25) is 0 Å². The van der Waals surface area contributed by atoms with Gasteiger partial charge in [0.15, 0.2) is 0 Å². The molecular weight excluding hydrogens is 346 g/mol. The number of sulfonamides is 1. The molecule has 2 aromatic rings. The van der Waals surface area contributed by atoms with E-state index in [0.717, 1.165) is 43.9 Å². The Balaban J connectivity index is 1.58. The number of fused-ring (bicyclic) bond motifs is 1. The van der Waals surface area contributed by atoms with Crippen LogP contribution >= 0.6 is 0 Å². The van der Waals surface area contributed by atoms with Gasteiger partial charge in [-0.15, -0.1) is 0 Å². The third kappa shape index (κ3) is 3.13. The fourth-order valence-electron chi connectivity index (χ4n) is 3.89. The zero-order valence-electron chi connectivity index (χ0n) is 15.1. The van der Waals surface area contributed by atoms with Crippen molar-refractivity contribution in [2.45, 2.75) is 24.9 Å². The minimum absolute atomic E-state index is 0.367. The van der Waals surface area contributed by atoms with Gasteiger partial charge in [-0.3, -0.25) is 0 Å². The van der Waals surface area contributed by atoms with E-state index in [0.29, 0.717) is 18.0 Å². The summed E-state index contributed by atoms with van der Waals surface area (Å²) in [4.78, 5) is 5.22. The van der Waals surface area contributed by atoms with Crippen molar-refractivity contribution in [3.63, 3.8) is 0 Å². The quantitative estimate of drug-likeness (QED) is 0.828. The summed E-state index contributed by atoms with van der Waals surface area (Å²) in [5.41, 5.74) is 3.49. The van der Waals surface area contributed by atoms with Gasteiger partial charge in [0.2, 0.25) is 10.0 Å². The Labute approximate surface area is 155 Å². The fraction of sp³-hybridized carbons (Fsp3) is 0.400. The SMILES string of the molecule is CCN1CCN(c2cccc3c2CN(S(=O)(=O)c2ccccc2)C3)CC1. The Morgan fingerprint density at radius 2 is 1.62 bits per heavy atom. The summed E-state index contributed by atoms with van der Waals surface area (Å²) in [6.45, 7) is 8.31. The van der Waals surface area contributed by atoms with Gasteiger partial charge >= 0.3 is 0 Å². The highest BCUT2D eigenvalue weighted by molar-refractivity contribution is 7.89. The van der Waals surface area contributed by atoms with Gasteiger partial charge in [-0.2, -0.15) is 4.31 Å². The van der Waals surface area contributed by atoms with Crippen LogP contribution in [0.3, 0.4) is 0 Å². The normalized spacial score (nSPS) is 18.9. The molecule has 0 saturated carbocycles. The minimum atomic E-state index is -3.46. The third-order valence-corrected chi connectivity index (χ3v) is 7.28.